The van der Waals surface area contributed by atoms with Crippen LogP contribution in [-0.2, 0) is 14.3 Å². The summed E-state index contributed by atoms with van der Waals surface area (Å²) >= 11 is 5.94. The summed E-state index contributed by atoms with van der Waals surface area (Å²) in [5.41, 5.74) is 0.544. The van der Waals surface area contributed by atoms with Gasteiger partial charge in [-0.1, -0.05) is 29.8 Å². The average Bonchev–Trinajstić information content (AvgIpc) is 2.61. The highest BCUT2D eigenvalue weighted by atomic mass is 35.5. The Bertz CT molecular complexity index is 443. The third-order valence-electron chi connectivity index (χ3n) is 2.54. The maximum absolute atomic E-state index is 11.1. The van der Waals surface area contributed by atoms with Gasteiger partial charge in [-0.25, -0.2) is 0 Å². The molecule has 0 saturated carbocycles. The molecule has 1 aromatic carbocycles. The maximum Gasteiger partial charge on any atom is 0.311 e. The Morgan fingerprint density at radius 1 is 1.44 bits per heavy atom. The van der Waals surface area contributed by atoms with E-state index in [2.05, 4.69) is 0 Å². The normalized spacial score (nSPS) is 24.2. The predicted molar refractivity (Wildman–Crippen MR) is 56.0 cm³/mol. The number of halogens is 1. The van der Waals surface area contributed by atoms with Crippen molar-refractivity contribution in [2.45, 2.75) is 12.5 Å². The summed E-state index contributed by atoms with van der Waals surface area (Å²) in [6, 6.07) is 6.77. The molecule has 0 unspecified atom stereocenters. The second-order valence-electron chi connectivity index (χ2n) is 3.58. The maximum atomic E-state index is 11.1. The Balaban J connectivity index is 2.36. The minimum atomic E-state index is -1.05. The molecule has 1 aliphatic rings. The molecule has 1 N–H and O–H groups in total. The van der Waals surface area contributed by atoms with E-state index in [4.69, 9.17) is 21.4 Å². The van der Waals surface area contributed by atoms with Gasteiger partial charge in [0.05, 0.1) is 6.42 Å². The van der Waals surface area contributed by atoms with Crippen molar-refractivity contribution in [1.29, 1.82) is 0 Å². The molecule has 16 heavy (non-hydrogen) atoms. The van der Waals surface area contributed by atoms with E-state index in [9.17, 15) is 9.59 Å². The first-order valence-electron chi connectivity index (χ1n) is 4.76. The molecule has 0 aromatic heterocycles. The van der Waals surface area contributed by atoms with Crippen molar-refractivity contribution in [2.24, 2.45) is 5.92 Å². The molecule has 0 bridgehead atoms. The number of carboxylic acid groups (broad SMARTS) is 1. The summed E-state index contributed by atoms with van der Waals surface area (Å²) < 4.78 is 5.00. The molecule has 1 aliphatic heterocycles. The second-order valence-corrected chi connectivity index (χ2v) is 3.99. The van der Waals surface area contributed by atoms with Gasteiger partial charge in [0.2, 0.25) is 0 Å². The van der Waals surface area contributed by atoms with Crippen LogP contribution in [0.25, 0.3) is 0 Å². The molecule has 1 aromatic rings. The van der Waals surface area contributed by atoms with Crippen LogP contribution in [0.2, 0.25) is 5.02 Å². The molecule has 0 spiro atoms. The van der Waals surface area contributed by atoms with Crippen LogP contribution in [-0.4, -0.2) is 17.0 Å². The van der Waals surface area contributed by atoms with E-state index in [0.717, 1.165) is 0 Å². The lowest BCUT2D eigenvalue weighted by molar-refractivity contribution is -0.144. The van der Waals surface area contributed by atoms with Crippen molar-refractivity contribution in [2.75, 3.05) is 0 Å². The molecule has 1 saturated heterocycles. The number of cyclic esters (lactones) is 1. The Morgan fingerprint density at radius 3 is 2.75 bits per heavy atom. The van der Waals surface area contributed by atoms with Crippen LogP contribution < -0.4 is 0 Å². The zero-order valence-corrected chi connectivity index (χ0v) is 8.98. The molecule has 1 heterocycles. The van der Waals surface area contributed by atoms with Gasteiger partial charge in [0.25, 0.3) is 0 Å². The number of aliphatic carboxylic acids is 1. The topological polar surface area (TPSA) is 63.6 Å². The smallest absolute Gasteiger partial charge is 0.311 e. The third kappa shape index (κ3) is 1.88. The zero-order chi connectivity index (χ0) is 11.7. The van der Waals surface area contributed by atoms with E-state index in [0.29, 0.717) is 10.6 Å². The van der Waals surface area contributed by atoms with Gasteiger partial charge in [-0.2, -0.15) is 0 Å². The molecule has 0 amide bonds. The lowest BCUT2D eigenvalue weighted by Crippen LogP contribution is -2.17. The molecule has 0 aliphatic carbocycles. The zero-order valence-electron chi connectivity index (χ0n) is 8.22. The van der Waals surface area contributed by atoms with Gasteiger partial charge in [-0.3, -0.25) is 9.59 Å². The number of ether oxygens (including phenoxy) is 1. The number of esters is 1. The highest BCUT2D eigenvalue weighted by molar-refractivity contribution is 6.31. The largest absolute Gasteiger partial charge is 0.481 e. The van der Waals surface area contributed by atoms with E-state index in [1.165, 1.54) is 0 Å². The van der Waals surface area contributed by atoms with E-state index < -0.39 is 24.0 Å². The molecular weight excluding hydrogens is 232 g/mol. The number of carbonyl (C=O) groups is 2. The van der Waals surface area contributed by atoms with Crippen molar-refractivity contribution < 1.29 is 19.4 Å². The van der Waals surface area contributed by atoms with Gasteiger partial charge in [0, 0.05) is 10.6 Å². The first-order valence-corrected chi connectivity index (χ1v) is 5.14. The van der Waals surface area contributed by atoms with E-state index in [-0.39, 0.29) is 6.42 Å². The number of rotatable bonds is 2. The minimum absolute atomic E-state index is 0.106. The monoisotopic (exact) mass is 240 g/mol. The van der Waals surface area contributed by atoms with Gasteiger partial charge < -0.3 is 9.84 Å². The molecular formula is C11H9ClO4. The van der Waals surface area contributed by atoms with Gasteiger partial charge in [0.1, 0.15) is 12.0 Å². The van der Waals surface area contributed by atoms with Crippen LogP contribution >= 0.6 is 11.6 Å². The third-order valence-corrected chi connectivity index (χ3v) is 2.88. The second kappa shape index (κ2) is 4.14. The quantitative estimate of drug-likeness (QED) is 0.804. The predicted octanol–water partition coefficient (Wildman–Crippen LogP) is 2.03. The van der Waals surface area contributed by atoms with E-state index >= 15 is 0 Å². The van der Waals surface area contributed by atoms with E-state index in [1.54, 1.807) is 24.3 Å². The lowest BCUT2D eigenvalue weighted by Gasteiger charge is -2.15. The minimum Gasteiger partial charge on any atom is -0.481 e. The summed E-state index contributed by atoms with van der Waals surface area (Å²) in [6.07, 6.45) is -0.885. The van der Waals surface area contributed by atoms with Crippen LogP contribution in [0.4, 0.5) is 0 Å². The number of carboxylic acids is 1. The number of hydrogen-bond acceptors (Lipinski definition) is 3. The first kappa shape index (κ1) is 11.0. The fraction of sp³-hybridized carbons (Fsp3) is 0.273. The molecule has 2 atom stereocenters. The number of benzene rings is 1. The highest BCUT2D eigenvalue weighted by Gasteiger charge is 2.41. The van der Waals surface area contributed by atoms with Crippen molar-refractivity contribution >= 4 is 23.5 Å². The Kier molecular flexibility index (Phi) is 2.83. The van der Waals surface area contributed by atoms with Gasteiger partial charge >= 0.3 is 11.9 Å². The lowest BCUT2D eigenvalue weighted by atomic mass is 9.95. The Labute approximate surface area is 96.8 Å². The van der Waals surface area contributed by atoms with Gasteiger partial charge in [0.15, 0.2) is 0 Å². The molecule has 1 fully saturated rings. The summed E-state index contributed by atoms with van der Waals surface area (Å²) in [6.45, 7) is 0. The summed E-state index contributed by atoms with van der Waals surface area (Å²) in [7, 11) is 0. The van der Waals surface area contributed by atoms with Crippen LogP contribution in [0.1, 0.15) is 18.1 Å². The SMILES string of the molecule is O=C1C[C@@H](C(=O)O)[C@H](c2ccccc2Cl)O1. The van der Waals surface area contributed by atoms with Gasteiger partial charge in [-0.15, -0.1) is 0 Å². The van der Waals surface area contributed by atoms with Crippen LogP contribution in [0.3, 0.4) is 0 Å². The molecule has 84 valence electrons. The number of hydrogen-bond donors (Lipinski definition) is 1. The number of carbonyl (C=O) groups excluding carboxylic acids is 1. The molecule has 5 heteroatoms. The van der Waals surface area contributed by atoms with Crippen molar-refractivity contribution in [1.82, 2.24) is 0 Å². The summed E-state index contributed by atoms with van der Waals surface area (Å²) in [5, 5.41) is 9.39. The van der Waals surface area contributed by atoms with Crippen LogP contribution in [0, 0.1) is 5.92 Å². The van der Waals surface area contributed by atoms with Crippen LogP contribution in [0.5, 0.6) is 0 Å². The Morgan fingerprint density at radius 2 is 2.12 bits per heavy atom. The van der Waals surface area contributed by atoms with Crippen LogP contribution in [0.15, 0.2) is 24.3 Å². The standard InChI is InChI=1S/C11H9ClO4/c12-8-4-2-1-3-6(8)10-7(11(14)15)5-9(13)16-10/h1-4,7,10H,5H2,(H,14,15)/t7-,10+/m1/s1. The van der Waals surface area contributed by atoms with E-state index in [1.807, 2.05) is 0 Å². The molecule has 4 nitrogen and oxygen atoms in total. The molecule has 2 rings (SSSR count). The summed E-state index contributed by atoms with van der Waals surface area (Å²) in [4.78, 5) is 22.1. The van der Waals surface area contributed by atoms with Crippen molar-refractivity contribution in [3.05, 3.63) is 34.9 Å². The molecule has 0 radical (unpaired) electrons. The highest BCUT2D eigenvalue weighted by Crippen LogP contribution is 2.38. The fourth-order valence-electron chi connectivity index (χ4n) is 1.76. The van der Waals surface area contributed by atoms with Crippen molar-refractivity contribution in [3.8, 4) is 0 Å². The first-order chi connectivity index (χ1) is 7.59. The Hall–Kier alpha value is -1.55. The summed E-state index contributed by atoms with van der Waals surface area (Å²) in [5.74, 6) is -2.40. The van der Waals surface area contributed by atoms with Gasteiger partial charge in [-0.05, 0) is 6.07 Å². The fourth-order valence-corrected chi connectivity index (χ4v) is 2.00. The van der Waals surface area contributed by atoms with Crippen molar-refractivity contribution in [3.63, 3.8) is 0 Å². The average molecular weight is 241 g/mol.